The molecule has 16 nitrogen and oxygen atoms in total. The van der Waals surface area contributed by atoms with Crippen LogP contribution in [0.4, 0.5) is 10.7 Å². The van der Waals surface area contributed by atoms with Crippen LogP contribution in [0, 0.1) is 5.41 Å². The molecule has 0 saturated carbocycles. The molecule has 1 aliphatic rings. The maximum atomic E-state index is 14.0. The molecule has 1 amide bonds. The Bertz CT molecular complexity index is 1660. The van der Waals surface area contributed by atoms with Gasteiger partial charge in [0.1, 0.15) is 17.1 Å². The molecule has 3 aromatic rings. The molecule has 2 aromatic heterocycles. The number of rotatable bonds is 17. The topological polar surface area (TPSA) is 211 Å². The first kappa shape index (κ1) is 39.8. The zero-order chi connectivity index (χ0) is 36.7. The fourth-order valence-corrected chi connectivity index (χ4v) is 7.40. The van der Waals surface area contributed by atoms with Gasteiger partial charge in [-0.3, -0.25) is 18.4 Å². The van der Waals surface area contributed by atoms with E-state index in [1.165, 1.54) is 10.9 Å². The van der Waals surface area contributed by atoms with E-state index in [1.807, 2.05) is 30.3 Å². The minimum atomic E-state index is -4.04. The van der Waals surface area contributed by atoms with Crippen molar-refractivity contribution in [2.24, 2.45) is 5.41 Å². The number of aromatic nitrogens is 4. The number of nitrogens with two attached hydrogens (primary N) is 1. The molecule has 0 radical (unpaired) electrons. The van der Waals surface area contributed by atoms with Crippen molar-refractivity contribution in [2.45, 2.75) is 77.5 Å². The van der Waals surface area contributed by atoms with Crippen LogP contribution in [0.25, 0.3) is 11.2 Å². The fraction of sp³-hybridized carbons (Fsp3) is 0.581. The Morgan fingerprint density at radius 2 is 1.96 bits per heavy atom. The molecule has 5 N–H and O–H groups in total. The zero-order valence-corrected chi connectivity index (χ0v) is 31.3. The molecule has 0 spiro atoms. The van der Waals surface area contributed by atoms with Crippen LogP contribution in [0.15, 0.2) is 36.7 Å². The molecule has 1 aromatic carbocycles. The highest BCUT2D eigenvalue weighted by atomic mass is 35.5. The molecule has 1 unspecified atom stereocenters. The molecule has 19 heteroatoms. The smallest absolute Gasteiger partial charge is 0.407 e. The Morgan fingerprint density at radius 3 is 2.64 bits per heavy atom. The van der Waals surface area contributed by atoms with Crippen LogP contribution in [-0.2, 0) is 34.4 Å². The van der Waals surface area contributed by atoms with Crippen molar-refractivity contribution in [3.63, 3.8) is 0 Å². The Hall–Kier alpha value is -3.02. The number of nitrogens with one attached hydrogen (secondary N) is 2. The van der Waals surface area contributed by atoms with E-state index in [2.05, 4.69) is 25.4 Å². The number of aliphatic hydroxyl groups excluding tert-OH is 1. The van der Waals surface area contributed by atoms with Crippen molar-refractivity contribution < 1.29 is 42.5 Å². The second-order valence-electron chi connectivity index (χ2n) is 12.5. The Labute approximate surface area is 300 Å². The van der Waals surface area contributed by atoms with Gasteiger partial charge in [0, 0.05) is 18.8 Å². The van der Waals surface area contributed by atoms with E-state index in [1.54, 1.807) is 41.5 Å². The highest BCUT2D eigenvalue weighted by molar-refractivity contribution is 8.13. The molecule has 4 rings (SSSR count). The predicted molar refractivity (Wildman–Crippen MR) is 189 cm³/mol. The Kier molecular flexibility index (Phi) is 13.5. The van der Waals surface area contributed by atoms with Gasteiger partial charge in [0.2, 0.25) is 11.8 Å². The van der Waals surface area contributed by atoms with Gasteiger partial charge in [-0.25, -0.2) is 19.4 Å². The second kappa shape index (κ2) is 17.0. The van der Waals surface area contributed by atoms with Gasteiger partial charge in [-0.05, 0) is 33.3 Å². The van der Waals surface area contributed by atoms with Crippen LogP contribution in [0.3, 0.4) is 0 Å². The number of ether oxygens (including phenoxy) is 3. The average Bonchev–Trinajstić information content (AvgIpc) is 3.57. The summed E-state index contributed by atoms with van der Waals surface area (Å²) >= 11 is 7.84. The maximum absolute atomic E-state index is 14.0. The van der Waals surface area contributed by atoms with Crippen molar-refractivity contribution in [1.29, 1.82) is 0 Å². The number of alkyl carbamates (subject to hydrolysis) is 1. The van der Waals surface area contributed by atoms with Gasteiger partial charge in [0.15, 0.2) is 22.5 Å². The summed E-state index contributed by atoms with van der Waals surface area (Å²) in [5, 5.41) is 16.5. The van der Waals surface area contributed by atoms with Crippen LogP contribution in [0.5, 0.6) is 5.88 Å². The molecule has 3 heterocycles. The summed E-state index contributed by atoms with van der Waals surface area (Å²) in [4.78, 5) is 36.1. The summed E-state index contributed by atoms with van der Waals surface area (Å²) in [7, 11) is -4.04. The molecule has 0 aliphatic carbocycles. The molecule has 50 heavy (non-hydrogen) atoms. The first-order chi connectivity index (χ1) is 23.6. The molecular weight excluding hydrogens is 713 g/mol. The number of carbonyl (C=O) groups is 2. The van der Waals surface area contributed by atoms with Gasteiger partial charge in [-0.2, -0.15) is 9.97 Å². The molecule has 0 bridgehead atoms. The van der Waals surface area contributed by atoms with E-state index in [0.717, 1.165) is 17.3 Å². The number of aliphatic hydroxyl groups is 1. The van der Waals surface area contributed by atoms with Gasteiger partial charge in [-0.15, -0.1) is 11.6 Å². The van der Waals surface area contributed by atoms with E-state index in [9.17, 15) is 19.3 Å². The molecule has 1 fully saturated rings. The van der Waals surface area contributed by atoms with Crippen LogP contribution in [0.2, 0.25) is 0 Å². The number of benzene rings is 1. The molecule has 1 saturated heterocycles. The quantitative estimate of drug-likeness (QED) is 0.0853. The summed E-state index contributed by atoms with van der Waals surface area (Å²) in [5.41, 5.74) is 6.45. The summed E-state index contributed by atoms with van der Waals surface area (Å²) < 4.78 is 43.9. The van der Waals surface area contributed by atoms with E-state index in [4.69, 9.17) is 40.6 Å². The standard InChI is InChI=1S/C31H45ClN7O9PS/c1-7-44-25-22-24(37-28(33)38-25)39(18-35-22)26-31(6,32)23(40)21(48-26)16-46-49(43,36-15-20-11-9-8-10-12-20)45-13-14-50-27(41)30(4,5)17-34-29(42)47-19(2)3/h8-12,18-19,21,23,26,40H,7,13-17H2,1-6H3,(H,34,42)(H,36,43)(H2,33,37,38)/t21-,23-,26-,31-,49?/m1/s1. The fourth-order valence-electron chi connectivity index (χ4n) is 4.86. The number of anilines is 1. The average molecular weight is 758 g/mol. The third-order valence-electron chi connectivity index (χ3n) is 7.53. The van der Waals surface area contributed by atoms with Crippen LogP contribution in [0.1, 0.15) is 53.3 Å². The van der Waals surface area contributed by atoms with Crippen molar-refractivity contribution in [1.82, 2.24) is 29.9 Å². The lowest BCUT2D eigenvalue weighted by Gasteiger charge is -2.26. The van der Waals surface area contributed by atoms with Crippen molar-refractivity contribution in [2.75, 3.05) is 37.9 Å². The number of nitrogens with zero attached hydrogens (tertiary/aromatic N) is 4. The lowest BCUT2D eigenvalue weighted by molar-refractivity contribution is -0.117. The number of nitrogen functional groups attached to an aromatic ring is 1. The number of imidazole rings is 1. The van der Waals surface area contributed by atoms with Gasteiger partial charge in [0.05, 0.1) is 37.7 Å². The first-order valence-corrected chi connectivity index (χ1v) is 18.9. The number of halogens is 1. The largest absolute Gasteiger partial charge is 0.476 e. The summed E-state index contributed by atoms with van der Waals surface area (Å²) in [5.74, 6) is 0.287. The minimum absolute atomic E-state index is 0.0496. The Balaban J connectivity index is 1.41. The summed E-state index contributed by atoms with van der Waals surface area (Å²) in [6.07, 6.45) is -2.80. The third-order valence-corrected chi connectivity index (χ3v) is 10.7. The van der Waals surface area contributed by atoms with E-state index >= 15 is 0 Å². The van der Waals surface area contributed by atoms with Gasteiger partial charge in [-0.1, -0.05) is 55.9 Å². The number of fused-ring (bicyclic) bond motifs is 1. The Morgan fingerprint density at radius 1 is 1.24 bits per heavy atom. The van der Waals surface area contributed by atoms with Crippen LogP contribution < -0.4 is 20.9 Å². The van der Waals surface area contributed by atoms with Crippen molar-refractivity contribution >= 4 is 59.4 Å². The summed E-state index contributed by atoms with van der Waals surface area (Å²) in [6.45, 7) is 10.3. The van der Waals surface area contributed by atoms with Crippen LogP contribution >= 0.6 is 31.1 Å². The molecular formula is C31H45ClN7O9PS. The zero-order valence-electron chi connectivity index (χ0n) is 28.8. The molecule has 5 atom stereocenters. The number of hydrogen-bond acceptors (Lipinski definition) is 14. The van der Waals surface area contributed by atoms with E-state index in [-0.39, 0.29) is 60.8 Å². The number of amides is 1. The second-order valence-corrected chi connectivity index (χ2v) is 16.3. The third kappa shape index (κ3) is 10.1. The predicted octanol–water partition coefficient (Wildman–Crippen LogP) is 4.41. The maximum Gasteiger partial charge on any atom is 0.407 e. The summed E-state index contributed by atoms with van der Waals surface area (Å²) in [6, 6.07) is 9.22. The van der Waals surface area contributed by atoms with Crippen molar-refractivity contribution in [3.05, 3.63) is 42.2 Å². The number of hydrogen-bond donors (Lipinski definition) is 4. The minimum Gasteiger partial charge on any atom is -0.476 e. The van der Waals surface area contributed by atoms with Crippen LogP contribution in [-0.4, -0.2) is 91.1 Å². The number of carbonyl (C=O) groups excluding carboxylic acids is 2. The van der Waals surface area contributed by atoms with Gasteiger partial charge in [0.25, 0.3) is 0 Å². The molecule has 1 aliphatic heterocycles. The monoisotopic (exact) mass is 757 g/mol. The van der Waals surface area contributed by atoms with Gasteiger partial charge < -0.3 is 30.4 Å². The lowest BCUT2D eigenvalue weighted by Crippen LogP contribution is -2.40. The van der Waals surface area contributed by atoms with Crippen molar-refractivity contribution in [3.8, 4) is 5.88 Å². The van der Waals surface area contributed by atoms with E-state index in [0.29, 0.717) is 12.1 Å². The number of thioether (sulfide) groups is 1. The highest BCUT2D eigenvalue weighted by Crippen LogP contribution is 2.48. The first-order valence-electron chi connectivity index (χ1n) is 16.0. The molecule has 276 valence electrons. The number of alkyl halides is 1. The van der Waals surface area contributed by atoms with Gasteiger partial charge >= 0.3 is 13.8 Å². The van der Waals surface area contributed by atoms with E-state index < -0.39 is 42.6 Å². The normalized spacial score (nSPS) is 22.1. The highest BCUT2D eigenvalue weighted by Gasteiger charge is 2.54. The SMILES string of the molecule is CCOc1nc(N)nc2c1ncn2[C@@H]1O[C@H](COP(=O)(NCc2ccccc2)OCCSC(=O)C(C)(C)CNC(=O)OC(C)C)[C@@H](O)[C@@]1(C)Cl. The lowest BCUT2D eigenvalue weighted by atomic mass is 9.96.